The van der Waals surface area contributed by atoms with E-state index in [1.165, 1.54) is 6.26 Å². The predicted molar refractivity (Wildman–Crippen MR) is 83.3 cm³/mol. The molecule has 1 unspecified atom stereocenters. The Bertz CT molecular complexity index is 553. The largest absolute Gasteiger partial charge is 0.309 e. The molecule has 0 aliphatic carbocycles. The Labute approximate surface area is 127 Å². The van der Waals surface area contributed by atoms with E-state index >= 15 is 0 Å². The molecule has 1 aromatic heterocycles. The third kappa shape index (κ3) is 5.09. The van der Waals surface area contributed by atoms with Crippen LogP contribution in [0.2, 0.25) is 0 Å². The van der Waals surface area contributed by atoms with Gasteiger partial charge in [0.05, 0.1) is 11.9 Å². The zero-order valence-electron chi connectivity index (χ0n) is 13.1. The molecule has 0 spiro atoms. The lowest BCUT2D eigenvalue weighted by atomic mass is 10.00. The Morgan fingerprint density at radius 3 is 2.90 bits per heavy atom. The van der Waals surface area contributed by atoms with E-state index in [-0.39, 0.29) is 0 Å². The van der Waals surface area contributed by atoms with Crippen molar-refractivity contribution in [3.63, 3.8) is 0 Å². The van der Waals surface area contributed by atoms with Crippen LogP contribution in [0, 0.1) is 5.92 Å². The van der Waals surface area contributed by atoms with Crippen LogP contribution < -0.4 is 5.32 Å². The van der Waals surface area contributed by atoms with Crippen LogP contribution >= 0.6 is 0 Å². The van der Waals surface area contributed by atoms with Gasteiger partial charge in [-0.25, -0.2) is 12.7 Å². The highest BCUT2D eigenvalue weighted by Crippen LogP contribution is 2.20. The third-order valence-corrected chi connectivity index (χ3v) is 5.05. The molecular formula is C14H26N4O2S. The first-order valence-corrected chi connectivity index (χ1v) is 9.40. The van der Waals surface area contributed by atoms with E-state index < -0.39 is 10.0 Å². The highest BCUT2D eigenvalue weighted by atomic mass is 32.2. The molecule has 0 bridgehead atoms. The molecule has 1 fully saturated rings. The second-order valence-electron chi connectivity index (χ2n) is 6.19. The van der Waals surface area contributed by atoms with E-state index in [0.717, 1.165) is 31.6 Å². The molecule has 2 heterocycles. The van der Waals surface area contributed by atoms with Gasteiger partial charge in [-0.1, -0.05) is 13.8 Å². The smallest absolute Gasteiger partial charge is 0.211 e. The lowest BCUT2D eigenvalue weighted by Gasteiger charge is -2.30. The molecule has 1 saturated heterocycles. The zero-order chi connectivity index (χ0) is 15.5. The predicted octanol–water partition coefficient (Wildman–Crippen LogP) is 1.05. The minimum absolute atomic E-state index is 0.347. The van der Waals surface area contributed by atoms with Crippen molar-refractivity contribution in [1.82, 2.24) is 19.4 Å². The number of aromatic nitrogens is 2. The molecule has 0 amide bonds. The summed E-state index contributed by atoms with van der Waals surface area (Å²) in [5.74, 6) is 0.347. The number of rotatable bonds is 6. The van der Waals surface area contributed by atoms with Gasteiger partial charge in [0.1, 0.15) is 0 Å². The van der Waals surface area contributed by atoms with E-state index in [4.69, 9.17) is 0 Å². The molecule has 1 aliphatic rings. The van der Waals surface area contributed by atoms with Gasteiger partial charge in [-0.05, 0) is 24.8 Å². The Morgan fingerprint density at radius 2 is 2.24 bits per heavy atom. The lowest BCUT2D eigenvalue weighted by molar-refractivity contribution is 0.240. The number of piperidine rings is 1. The van der Waals surface area contributed by atoms with Crippen LogP contribution in [-0.2, 0) is 23.1 Å². The van der Waals surface area contributed by atoms with Gasteiger partial charge < -0.3 is 5.32 Å². The number of sulfonamides is 1. The first-order valence-electron chi connectivity index (χ1n) is 7.55. The van der Waals surface area contributed by atoms with Crippen LogP contribution in [0.4, 0.5) is 0 Å². The number of nitrogens with zero attached hydrogens (tertiary/aromatic N) is 3. The van der Waals surface area contributed by atoms with Gasteiger partial charge >= 0.3 is 0 Å². The SMILES string of the molecule is CC(C)NCc1ccn(CC2CCCN(S(C)(=O)=O)C2)n1. The fraction of sp³-hybridized carbons (Fsp3) is 0.786. The topological polar surface area (TPSA) is 67.2 Å². The lowest BCUT2D eigenvalue weighted by Crippen LogP contribution is -2.40. The Hall–Kier alpha value is -0.920. The Morgan fingerprint density at radius 1 is 1.48 bits per heavy atom. The molecule has 7 heteroatoms. The van der Waals surface area contributed by atoms with E-state index in [2.05, 4.69) is 24.3 Å². The molecule has 1 atom stereocenters. The van der Waals surface area contributed by atoms with E-state index in [9.17, 15) is 8.42 Å². The molecule has 1 aromatic rings. The van der Waals surface area contributed by atoms with Crippen molar-refractivity contribution < 1.29 is 8.42 Å². The molecule has 120 valence electrons. The maximum absolute atomic E-state index is 11.6. The van der Waals surface area contributed by atoms with E-state index in [1.807, 2.05) is 16.9 Å². The highest BCUT2D eigenvalue weighted by Gasteiger charge is 2.26. The standard InChI is InChI=1S/C14H26N4O2S/c1-12(2)15-9-14-6-8-17(16-14)10-13-5-4-7-18(11-13)21(3,19)20/h6,8,12-13,15H,4-5,7,9-11H2,1-3H3. The van der Waals surface area contributed by atoms with Gasteiger partial charge in [-0.15, -0.1) is 0 Å². The van der Waals surface area contributed by atoms with Crippen LogP contribution in [-0.4, -0.2) is 47.9 Å². The van der Waals surface area contributed by atoms with Crippen molar-refractivity contribution >= 4 is 10.0 Å². The second kappa shape index (κ2) is 6.89. The monoisotopic (exact) mass is 314 g/mol. The molecule has 0 aromatic carbocycles. The summed E-state index contributed by atoms with van der Waals surface area (Å²) in [4.78, 5) is 0. The molecule has 21 heavy (non-hydrogen) atoms. The van der Waals surface area contributed by atoms with Crippen LogP contribution in [0.15, 0.2) is 12.3 Å². The van der Waals surface area contributed by atoms with E-state index in [0.29, 0.717) is 25.0 Å². The molecule has 1 N–H and O–H groups in total. The molecule has 0 radical (unpaired) electrons. The van der Waals surface area contributed by atoms with Gasteiger partial charge in [-0.2, -0.15) is 5.10 Å². The second-order valence-corrected chi connectivity index (χ2v) is 8.18. The van der Waals surface area contributed by atoms with Crippen LogP contribution in [0.1, 0.15) is 32.4 Å². The summed E-state index contributed by atoms with van der Waals surface area (Å²) in [5.41, 5.74) is 1.03. The summed E-state index contributed by atoms with van der Waals surface area (Å²) in [7, 11) is -3.07. The van der Waals surface area contributed by atoms with Crippen molar-refractivity contribution in [3.8, 4) is 0 Å². The first kappa shape index (κ1) is 16.5. The minimum Gasteiger partial charge on any atom is -0.309 e. The van der Waals surface area contributed by atoms with E-state index in [1.54, 1.807) is 4.31 Å². The van der Waals surface area contributed by atoms with Crippen molar-refractivity contribution in [3.05, 3.63) is 18.0 Å². The van der Waals surface area contributed by atoms with Gasteiger partial charge in [0, 0.05) is 38.4 Å². The number of hydrogen-bond donors (Lipinski definition) is 1. The van der Waals surface area contributed by atoms with Crippen molar-refractivity contribution in [2.24, 2.45) is 5.92 Å². The normalized spacial score (nSPS) is 21.0. The Balaban J connectivity index is 1.89. The van der Waals surface area contributed by atoms with Crippen LogP contribution in [0.25, 0.3) is 0 Å². The quantitative estimate of drug-likeness (QED) is 0.852. The summed E-state index contributed by atoms with van der Waals surface area (Å²) in [6.45, 7) is 7.03. The number of hydrogen-bond acceptors (Lipinski definition) is 4. The average Bonchev–Trinajstić information content (AvgIpc) is 2.83. The first-order chi connectivity index (χ1) is 9.84. The summed E-state index contributed by atoms with van der Waals surface area (Å²) in [6.07, 6.45) is 5.27. The summed E-state index contributed by atoms with van der Waals surface area (Å²) < 4.78 is 26.8. The molecule has 6 nitrogen and oxygen atoms in total. The minimum atomic E-state index is -3.07. The molecule has 1 aliphatic heterocycles. The van der Waals surface area contributed by atoms with Gasteiger partial charge in [0.15, 0.2) is 0 Å². The summed E-state index contributed by atoms with van der Waals surface area (Å²) in [5, 5.41) is 7.89. The fourth-order valence-electron chi connectivity index (χ4n) is 2.65. The third-order valence-electron chi connectivity index (χ3n) is 3.78. The van der Waals surface area contributed by atoms with Gasteiger partial charge in [-0.3, -0.25) is 4.68 Å². The Kier molecular flexibility index (Phi) is 5.40. The maximum Gasteiger partial charge on any atom is 0.211 e. The van der Waals surface area contributed by atoms with Crippen molar-refractivity contribution in [1.29, 1.82) is 0 Å². The van der Waals surface area contributed by atoms with Crippen LogP contribution in [0.3, 0.4) is 0 Å². The maximum atomic E-state index is 11.6. The summed E-state index contributed by atoms with van der Waals surface area (Å²) >= 11 is 0. The summed E-state index contributed by atoms with van der Waals surface area (Å²) in [6, 6.07) is 2.46. The highest BCUT2D eigenvalue weighted by molar-refractivity contribution is 7.88. The average molecular weight is 314 g/mol. The molecular weight excluding hydrogens is 288 g/mol. The molecule has 0 saturated carbocycles. The van der Waals surface area contributed by atoms with Crippen LogP contribution in [0.5, 0.6) is 0 Å². The zero-order valence-corrected chi connectivity index (χ0v) is 13.9. The van der Waals surface area contributed by atoms with Gasteiger partial charge in [0.25, 0.3) is 0 Å². The molecule has 2 rings (SSSR count). The van der Waals surface area contributed by atoms with Crippen molar-refractivity contribution in [2.45, 2.75) is 45.8 Å². The fourth-order valence-corrected chi connectivity index (χ4v) is 3.59. The number of nitrogens with one attached hydrogen (secondary N) is 1. The van der Waals surface area contributed by atoms with Crippen molar-refractivity contribution in [2.75, 3.05) is 19.3 Å². The van der Waals surface area contributed by atoms with Gasteiger partial charge in [0.2, 0.25) is 10.0 Å².